The van der Waals surface area contributed by atoms with E-state index in [4.69, 9.17) is 0 Å². The lowest BCUT2D eigenvalue weighted by molar-refractivity contribution is -0.119. The molecule has 1 fully saturated rings. The molecule has 0 aliphatic heterocycles. The number of para-hydroxylation sites is 1. The van der Waals surface area contributed by atoms with Crippen LogP contribution >= 0.6 is 0 Å². The fraction of sp³-hybridized carbons (Fsp3) is 0.308. The van der Waals surface area contributed by atoms with E-state index in [1.54, 1.807) is 6.92 Å². The number of hydrogen-bond acceptors (Lipinski definition) is 1. The first kappa shape index (κ1) is 8.72. The monoisotopic (exact) mass is 199 g/mol. The van der Waals surface area contributed by atoms with Gasteiger partial charge in [0.05, 0.1) is 5.41 Å². The van der Waals surface area contributed by atoms with Gasteiger partial charge >= 0.3 is 0 Å². The molecule has 3 rings (SSSR count). The van der Waals surface area contributed by atoms with Gasteiger partial charge in [0, 0.05) is 11.2 Å². The smallest absolute Gasteiger partial charge is 0.141 e. The number of carbonyl (C=O) groups is 1. The summed E-state index contributed by atoms with van der Waals surface area (Å²) in [5, 5.41) is 1.19. The van der Waals surface area contributed by atoms with Crippen molar-refractivity contribution >= 4 is 16.7 Å². The summed E-state index contributed by atoms with van der Waals surface area (Å²) in [7, 11) is 0. The van der Waals surface area contributed by atoms with Crippen LogP contribution in [-0.2, 0) is 10.2 Å². The van der Waals surface area contributed by atoms with Gasteiger partial charge in [-0.05, 0) is 37.3 Å². The molecule has 1 aromatic carbocycles. The highest BCUT2D eigenvalue weighted by atomic mass is 16.1. The molecule has 0 saturated heterocycles. The number of rotatable bonds is 2. The third-order valence-electron chi connectivity index (χ3n) is 3.47. The Labute approximate surface area is 88.3 Å². The number of H-pyrrole nitrogens is 1. The number of aromatic amines is 1. The highest BCUT2D eigenvalue weighted by Crippen LogP contribution is 2.49. The van der Waals surface area contributed by atoms with E-state index in [2.05, 4.69) is 23.2 Å². The van der Waals surface area contributed by atoms with Gasteiger partial charge < -0.3 is 4.98 Å². The summed E-state index contributed by atoms with van der Waals surface area (Å²) in [4.78, 5) is 14.9. The molecule has 2 aromatic rings. The Morgan fingerprint density at radius 3 is 2.67 bits per heavy atom. The van der Waals surface area contributed by atoms with Crippen molar-refractivity contribution in [1.82, 2.24) is 4.98 Å². The molecule has 0 bridgehead atoms. The predicted molar refractivity (Wildman–Crippen MR) is 59.9 cm³/mol. The quantitative estimate of drug-likeness (QED) is 0.792. The van der Waals surface area contributed by atoms with Crippen molar-refractivity contribution < 1.29 is 4.79 Å². The topological polar surface area (TPSA) is 32.9 Å². The van der Waals surface area contributed by atoms with Gasteiger partial charge in [0.25, 0.3) is 0 Å². The Morgan fingerprint density at radius 2 is 2.07 bits per heavy atom. The summed E-state index contributed by atoms with van der Waals surface area (Å²) in [5.41, 5.74) is 2.04. The molecule has 0 unspecified atom stereocenters. The zero-order valence-electron chi connectivity index (χ0n) is 8.71. The van der Waals surface area contributed by atoms with Crippen LogP contribution in [0.4, 0.5) is 0 Å². The Kier molecular flexibility index (Phi) is 1.58. The Bertz CT molecular complexity index is 501. The van der Waals surface area contributed by atoms with Gasteiger partial charge in [0.1, 0.15) is 5.78 Å². The highest BCUT2D eigenvalue weighted by molar-refractivity contribution is 5.92. The molecule has 2 nitrogen and oxygen atoms in total. The van der Waals surface area contributed by atoms with Crippen molar-refractivity contribution in [3.05, 3.63) is 36.0 Å². The van der Waals surface area contributed by atoms with E-state index in [9.17, 15) is 4.79 Å². The molecule has 76 valence electrons. The van der Waals surface area contributed by atoms with Gasteiger partial charge in [-0.15, -0.1) is 0 Å². The van der Waals surface area contributed by atoms with Crippen LogP contribution in [0.1, 0.15) is 25.5 Å². The minimum atomic E-state index is -0.182. The second-order valence-corrected chi connectivity index (χ2v) is 4.41. The predicted octanol–water partition coefficient (Wildman–Crippen LogP) is 2.79. The number of fused-ring (bicyclic) bond motifs is 1. The van der Waals surface area contributed by atoms with Gasteiger partial charge in [0.2, 0.25) is 0 Å². The number of ketones is 1. The SMILES string of the molecule is CC(=O)C1(c2cc3ccccc3[nH]2)CC1. The standard InChI is InChI=1S/C13H13NO/c1-9(15)13(6-7-13)12-8-10-4-2-3-5-11(10)14-12/h2-5,8,14H,6-7H2,1H3. The Balaban J connectivity index is 2.17. The highest BCUT2D eigenvalue weighted by Gasteiger charge is 2.49. The molecule has 2 heteroatoms. The molecule has 0 atom stereocenters. The minimum Gasteiger partial charge on any atom is -0.358 e. The lowest BCUT2D eigenvalue weighted by atomic mass is 9.98. The van der Waals surface area contributed by atoms with Gasteiger partial charge in [-0.3, -0.25) is 4.79 Å². The second kappa shape index (κ2) is 2.72. The first-order valence-electron chi connectivity index (χ1n) is 5.32. The van der Waals surface area contributed by atoms with Crippen LogP contribution in [0.15, 0.2) is 30.3 Å². The Hall–Kier alpha value is -1.57. The average Bonchev–Trinajstić information content (AvgIpc) is 2.93. The summed E-state index contributed by atoms with van der Waals surface area (Å²) in [5.74, 6) is 0.286. The van der Waals surface area contributed by atoms with Crippen LogP contribution < -0.4 is 0 Å². The maximum atomic E-state index is 11.6. The molecule has 1 aromatic heterocycles. The zero-order valence-corrected chi connectivity index (χ0v) is 8.71. The van der Waals surface area contributed by atoms with Gasteiger partial charge in [-0.2, -0.15) is 0 Å². The van der Waals surface area contributed by atoms with Crippen LogP contribution in [0, 0.1) is 0 Å². The number of carbonyl (C=O) groups excluding carboxylic acids is 1. The maximum Gasteiger partial charge on any atom is 0.141 e. The molecular weight excluding hydrogens is 186 g/mol. The summed E-state index contributed by atoms with van der Waals surface area (Å²) < 4.78 is 0. The number of benzene rings is 1. The largest absolute Gasteiger partial charge is 0.358 e. The average molecular weight is 199 g/mol. The molecule has 1 aliphatic carbocycles. The molecule has 0 amide bonds. The normalized spacial score (nSPS) is 17.9. The molecular formula is C13H13NO. The van der Waals surface area contributed by atoms with Crippen LogP contribution in [-0.4, -0.2) is 10.8 Å². The summed E-state index contributed by atoms with van der Waals surface area (Å²) in [6, 6.07) is 10.3. The van der Waals surface area contributed by atoms with E-state index in [0.717, 1.165) is 24.1 Å². The van der Waals surface area contributed by atoms with Crippen LogP contribution in [0.5, 0.6) is 0 Å². The fourth-order valence-corrected chi connectivity index (χ4v) is 2.27. The first-order valence-corrected chi connectivity index (χ1v) is 5.32. The van der Waals surface area contributed by atoms with E-state index >= 15 is 0 Å². The lowest BCUT2D eigenvalue weighted by Crippen LogP contribution is -2.17. The van der Waals surface area contributed by atoms with Crippen molar-refractivity contribution in [1.29, 1.82) is 0 Å². The third kappa shape index (κ3) is 1.14. The van der Waals surface area contributed by atoms with Crippen molar-refractivity contribution in [3.63, 3.8) is 0 Å². The van der Waals surface area contributed by atoms with Crippen molar-refractivity contribution in [2.24, 2.45) is 0 Å². The number of aromatic nitrogens is 1. The Morgan fingerprint density at radius 1 is 1.33 bits per heavy atom. The lowest BCUT2D eigenvalue weighted by Gasteiger charge is -2.07. The zero-order chi connectivity index (χ0) is 10.5. The van der Waals surface area contributed by atoms with Crippen LogP contribution in [0.2, 0.25) is 0 Å². The van der Waals surface area contributed by atoms with Gasteiger partial charge in [0.15, 0.2) is 0 Å². The maximum absolute atomic E-state index is 11.6. The molecule has 1 saturated carbocycles. The molecule has 0 spiro atoms. The van der Waals surface area contributed by atoms with Gasteiger partial charge in [-0.25, -0.2) is 0 Å². The summed E-state index contributed by atoms with van der Waals surface area (Å²) in [6.45, 7) is 1.69. The summed E-state index contributed by atoms with van der Waals surface area (Å²) >= 11 is 0. The van der Waals surface area contributed by atoms with Crippen LogP contribution in [0.3, 0.4) is 0 Å². The number of Topliss-reactive ketones (excluding diaryl/α,β-unsaturated/α-hetero) is 1. The molecule has 0 radical (unpaired) electrons. The first-order chi connectivity index (χ1) is 7.22. The molecule has 1 aliphatic rings. The minimum absolute atomic E-state index is 0.182. The van der Waals surface area contributed by atoms with E-state index in [0.29, 0.717) is 0 Å². The van der Waals surface area contributed by atoms with Crippen LogP contribution in [0.25, 0.3) is 10.9 Å². The van der Waals surface area contributed by atoms with Crippen molar-refractivity contribution in [2.75, 3.05) is 0 Å². The molecule has 15 heavy (non-hydrogen) atoms. The van der Waals surface area contributed by atoms with E-state index in [-0.39, 0.29) is 11.2 Å². The second-order valence-electron chi connectivity index (χ2n) is 4.41. The van der Waals surface area contributed by atoms with E-state index < -0.39 is 0 Å². The van der Waals surface area contributed by atoms with Crippen molar-refractivity contribution in [3.8, 4) is 0 Å². The number of nitrogens with one attached hydrogen (secondary N) is 1. The number of hydrogen-bond donors (Lipinski definition) is 1. The fourth-order valence-electron chi connectivity index (χ4n) is 2.27. The third-order valence-corrected chi connectivity index (χ3v) is 3.47. The summed E-state index contributed by atoms with van der Waals surface area (Å²) in [6.07, 6.45) is 1.99. The van der Waals surface area contributed by atoms with E-state index in [1.165, 1.54) is 5.39 Å². The molecule has 1 heterocycles. The van der Waals surface area contributed by atoms with Crippen molar-refractivity contribution in [2.45, 2.75) is 25.2 Å². The van der Waals surface area contributed by atoms with Gasteiger partial charge in [-0.1, -0.05) is 18.2 Å². The molecule has 1 N–H and O–H groups in total. The van der Waals surface area contributed by atoms with E-state index in [1.807, 2.05) is 12.1 Å².